The highest BCUT2D eigenvalue weighted by Crippen LogP contribution is 2.25. The zero-order valence-electron chi connectivity index (χ0n) is 12.4. The van der Waals surface area contributed by atoms with Gasteiger partial charge in [0.05, 0.1) is 5.69 Å². The van der Waals surface area contributed by atoms with Crippen LogP contribution in [0.4, 0.5) is 0 Å². The van der Waals surface area contributed by atoms with Crippen LogP contribution in [-0.2, 0) is 6.54 Å². The summed E-state index contributed by atoms with van der Waals surface area (Å²) in [7, 11) is 0. The molecular weight excluding hydrogens is 286 g/mol. The number of nitrogens with one attached hydrogen (secondary N) is 1. The Bertz CT molecular complexity index is 626. The van der Waals surface area contributed by atoms with Crippen molar-refractivity contribution < 1.29 is 4.42 Å². The van der Waals surface area contributed by atoms with Crippen molar-refractivity contribution in [3.05, 3.63) is 40.7 Å². The minimum absolute atomic E-state index is 0.518. The number of aryl methyl sites for hydroxylation is 1. The fourth-order valence-corrected chi connectivity index (χ4v) is 2.82. The van der Waals surface area contributed by atoms with Gasteiger partial charge < -0.3 is 9.73 Å². The van der Waals surface area contributed by atoms with Crippen LogP contribution in [0.5, 0.6) is 0 Å². The Morgan fingerprint density at radius 3 is 3.10 bits per heavy atom. The van der Waals surface area contributed by atoms with Crippen molar-refractivity contribution in [2.24, 2.45) is 0 Å². The van der Waals surface area contributed by atoms with Crippen LogP contribution in [0.15, 0.2) is 28.7 Å². The molecule has 112 valence electrons. The van der Waals surface area contributed by atoms with Crippen molar-refractivity contribution in [3.63, 3.8) is 0 Å². The predicted octanol–water partition coefficient (Wildman–Crippen LogP) is 3.10. The Hall–Kier alpha value is -1.36. The first kappa shape index (κ1) is 14.6. The second-order valence-corrected chi connectivity index (χ2v) is 5.99. The molecule has 1 saturated heterocycles. The second kappa shape index (κ2) is 6.18. The lowest BCUT2D eigenvalue weighted by Gasteiger charge is -2.33. The van der Waals surface area contributed by atoms with E-state index in [0.717, 1.165) is 43.2 Å². The van der Waals surface area contributed by atoms with Crippen molar-refractivity contribution in [1.82, 2.24) is 15.2 Å². The van der Waals surface area contributed by atoms with E-state index in [1.54, 1.807) is 0 Å². The monoisotopic (exact) mass is 305 g/mol. The van der Waals surface area contributed by atoms with E-state index in [1.807, 2.05) is 31.2 Å². The van der Waals surface area contributed by atoms with Crippen molar-refractivity contribution in [2.75, 3.05) is 19.6 Å². The molecule has 1 aliphatic heterocycles. The molecule has 1 aromatic heterocycles. The summed E-state index contributed by atoms with van der Waals surface area (Å²) in [6, 6.07) is 8.13. The van der Waals surface area contributed by atoms with Crippen molar-refractivity contribution in [2.45, 2.75) is 26.4 Å². The van der Waals surface area contributed by atoms with Gasteiger partial charge in [0, 0.05) is 42.8 Å². The molecule has 21 heavy (non-hydrogen) atoms. The van der Waals surface area contributed by atoms with Gasteiger partial charge in [0.15, 0.2) is 0 Å². The zero-order chi connectivity index (χ0) is 14.8. The van der Waals surface area contributed by atoms with Gasteiger partial charge in [0.1, 0.15) is 5.76 Å². The molecule has 4 nitrogen and oxygen atoms in total. The third-order valence-electron chi connectivity index (χ3n) is 3.96. The topological polar surface area (TPSA) is 41.3 Å². The molecule has 3 rings (SSSR count). The number of rotatable bonds is 3. The van der Waals surface area contributed by atoms with Crippen LogP contribution in [0.2, 0.25) is 5.02 Å². The Balaban J connectivity index is 1.81. The van der Waals surface area contributed by atoms with Gasteiger partial charge in [-0.3, -0.25) is 4.90 Å². The molecule has 0 bridgehead atoms. The van der Waals surface area contributed by atoms with Gasteiger partial charge in [-0.25, -0.2) is 4.98 Å². The highest BCUT2D eigenvalue weighted by atomic mass is 35.5. The Morgan fingerprint density at radius 2 is 2.33 bits per heavy atom. The van der Waals surface area contributed by atoms with E-state index in [1.165, 1.54) is 0 Å². The van der Waals surface area contributed by atoms with Crippen LogP contribution in [-0.4, -0.2) is 35.6 Å². The van der Waals surface area contributed by atoms with Gasteiger partial charge in [-0.2, -0.15) is 0 Å². The van der Waals surface area contributed by atoms with E-state index in [0.29, 0.717) is 17.0 Å². The van der Waals surface area contributed by atoms with Gasteiger partial charge in [0.2, 0.25) is 5.89 Å². The molecule has 1 aromatic carbocycles. The highest BCUT2D eigenvalue weighted by molar-refractivity contribution is 6.30. The SMILES string of the molecule is Cc1oc(-c2cccc(Cl)c2)nc1CN1CCNC[C@@H]1C. The molecule has 0 aliphatic carbocycles. The van der Waals surface area contributed by atoms with Gasteiger partial charge in [-0.05, 0) is 32.0 Å². The summed E-state index contributed by atoms with van der Waals surface area (Å²) >= 11 is 6.03. The van der Waals surface area contributed by atoms with Crippen LogP contribution in [0.1, 0.15) is 18.4 Å². The van der Waals surface area contributed by atoms with Crippen LogP contribution < -0.4 is 5.32 Å². The number of oxazole rings is 1. The Labute approximate surface area is 130 Å². The van der Waals surface area contributed by atoms with Gasteiger partial charge >= 0.3 is 0 Å². The molecule has 1 aliphatic rings. The zero-order valence-corrected chi connectivity index (χ0v) is 13.2. The highest BCUT2D eigenvalue weighted by Gasteiger charge is 2.21. The first-order chi connectivity index (χ1) is 10.1. The van der Waals surface area contributed by atoms with E-state index in [-0.39, 0.29) is 0 Å². The third-order valence-corrected chi connectivity index (χ3v) is 4.19. The van der Waals surface area contributed by atoms with E-state index >= 15 is 0 Å². The van der Waals surface area contributed by atoms with Crippen molar-refractivity contribution in [3.8, 4) is 11.5 Å². The minimum atomic E-state index is 0.518. The molecule has 2 heterocycles. The number of nitrogens with zero attached hydrogens (tertiary/aromatic N) is 2. The summed E-state index contributed by atoms with van der Waals surface area (Å²) in [5, 5.41) is 4.10. The Morgan fingerprint density at radius 1 is 1.48 bits per heavy atom. The van der Waals surface area contributed by atoms with Crippen LogP contribution in [0, 0.1) is 6.92 Å². The fourth-order valence-electron chi connectivity index (χ4n) is 2.63. The first-order valence-corrected chi connectivity index (χ1v) is 7.68. The average molecular weight is 306 g/mol. The number of halogens is 1. The molecule has 1 N–H and O–H groups in total. The maximum absolute atomic E-state index is 6.03. The lowest BCUT2D eigenvalue weighted by molar-refractivity contribution is 0.163. The summed E-state index contributed by atoms with van der Waals surface area (Å²) in [5.74, 6) is 1.53. The van der Waals surface area contributed by atoms with Crippen LogP contribution >= 0.6 is 11.6 Å². The number of hydrogen-bond donors (Lipinski definition) is 1. The Kier molecular flexibility index (Phi) is 4.29. The smallest absolute Gasteiger partial charge is 0.226 e. The minimum Gasteiger partial charge on any atom is -0.441 e. The maximum Gasteiger partial charge on any atom is 0.226 e. The summed E-state index contributed by atoms with van der Waals surface area (Å²) in [6.45, 7) is 8.14. The second-order valence-electron chi connectivity index (χ2n) is 5.56. The standard InChI is InChI=1S/C16H20ClN3O/c1-11-9-18-6-7-20(11)10-15-12(2)21-16(19-15)13-4-3-5-14(17)8-13/h3-5,8,11,18H,6-7,9-10H2,1-2H3/t11-/m0/s1. The molecule has 1 fully saturated rings. The van der Waals surface area contributed by atoms with E-state index in [4.69, 9.17) is 16.0 Å². The number of benzene rings is 1. The number of hydrogen-bond acceptors (Lipinski definition) is 4. The molecule has 0 radical (unpaired) electrons. The van der Waals surface area contributed by atoms with E-state index < -0.39 is 0 Å². The lowest BCUT2D eigenvalue weighted by Crippen LogP contribution is -2.49. The molecule has 0 unspecified atom stereocenters. The molecule has 2 aromatic rings. The molecule has 0 amide bonds. The fraction of sp³-hybridized carbons (Fsp3) is 0.438. The number of piperazine rings is 1. The average Bonchev–Trinajstić information content (AvgIpc) is 2.83. The van der Waals surface area contributed by atoms with E-state index in [2.05, 4.69) is 22.1 Å². The maximum atomic E-state index is 6.03. The molecule has 5 heteroatoms. The molecular formula is C16H20ClN3O. The van der Waals surface area contributed by atoms with E-state index in [9.17, 15) is 0 Å². The largest absolute Gasteiger partial charge is 0.441 e. The summed E-state index contributed by atoms with van der Waals surface area (Å²) in [5.41, 5.74) is 1.93. The van der Waals surface area contributed by atoms with Crippen LogP contribution in [0.25, 0.3) is 11.5 Å². The van der Waals surface area contributed by atoms with Crippen molar-refractivity contribution in [1.29, 1.82) is 0 Å². The molecule has 0 saturated carbocycles. The van der Waals surface area contributed by atoms with Gasteiger partial charge in [-0.15, -0.1) is 0 Å². The van der Waals surface area contributed by atoms with Crippen molar-refractivity contribution >= 4 is 11.6 Å². The lowest BCUT2D eigenvalue weighted by atomic mass is 10.2. The molecule has 0 spiro atoms. The summed E-state index contributed by atoms with van der Waals surface area (Å²) in [6.07, 6.45) is 0. The third kappa shape index (κ3) is 3.28. The summed E-state index contributed by atoms with van der Waals surface area (Å²) < 4.78 is 5.82. The normalized spacial score (nSPS) is 19.9. The van der Waals surface area contributed by atoms with Crippen LogP contribution in [0.3, 0.4) is 0 Å². The summed E-state index contributed by atoms with van der Waals surface area (Å²) in [4.78, 5) is 7.10. The molecule has 1 atom stereocenters. The first-order valence-electron chi connectivity index (χ1n) is 7.30. The quantitative estimate of drug-likeness (QED) is 0.946. The van der Waals surface area contributed by atoms with Gasteiger partial charge in [-0.1, -0.05) is 17.7 Å². The number of aromatic nitrogens is 1. The predicted molar refractivity (Wildman–Crippen MR) is 84.4 cm³/mol. The van der Waals surface area contributed by atoms with Gasteiger partial charge in [0.25, 0.3) is 0 Å².